The predicted molar refractivity (Wildman–Crippen MR) is 122 cm³/mol. The van der Waals surface area contributed by atoms with Crippen molar-refractivity contribution in [1.29, 1.82) is 0 Å². The van der Waals surface area contributed by atoms with Gasteiger partial charge in [-0.2, -0.15) is 0 Å². The maximum atomic E-state index is 5.02. The van der Waals surface area contributed by atoms with Crippen LogP contribution >= 0.6 is 0 Å². The summed E-state index contributed by atoms with van der Waals surface area (Å²) in [5, 5.41) is 0. The lowest BCUT2D eigenvalue weighted by molar-refractivity contribution is 0.443. The molecule has 0 amide bonds. The summed E-state index contributed by atoms with van der Waals surface area (Å²) in [6.07, 6.45) is 6.81. The Kier molecular flexibility index (Phi) is 4.71. The largest absolute Gasteiger partial charge is 0.292 e. The van der Waals surface area contributed by atoms with Gasteiger partial charge in [0.1, 0.15) is 5.82 Å². The number of aryl methyl sites for hydroxylation is 2. The number of para-hydroxylation sites is 2. The minimum Gasteiger partial charge on any atom is -0.292 e. The quantitative estimate of drug-likeness (QED) is 0.363. The summed E-state index contributed by atoms with van der Waals surface area (Å²) in [7, 11) is 0. The van der Waals surface area contributed by atoms with E-state index in [-0.39, 0.29) is 0 Å². The zero-order valence-electron chi connectivity index (χ0n) is 17.4. The second-order valence-electron chi connectivity index (χ2n) is 8.46. The molecule has 0 radical (unpaired) electrons. The van der Waals surface area contributed by atoms with Crippen molar-refractivity contribution in [2.45, 2.75) is 51.9 Å². The molecule has 5 rings (SSSR count). The van der Waals surface area contributed by atoms with E-state index in [1.54, 1.807) is 0 Å². The summed E-state index contributed by atoms with van der Waals surface area (Å²) in [4.78, 5) is 5.02. The minimum atomic E-state index is 0.725. The van der Waals surface area contributed by atoms with Gasteiger partial charge in [0.2, 0.25) is 0 Å². The maximum absolute atomic E-state index is 5.02. The van der Waals surface area contributed by atoms with Crippen LogP contribution in [0.4, 0.5) is 0 Å². The highest BCUT2D eigenvalue weighted by Gasteiger charge is 2.20. The van der Waals surface area contributed by atoms with Crippen molar-refractivity contribution in [2.75, 3.05) is 0 Å². The van der Waals surface area contributed by atoms with Gasteiger partial charge >= 0.3 is 0 Å². The van der Waals surface area contributed by atoms with Crippen LogP contribution in [0.25, 0.3) is 28.1 Å². The van der Waals surface area contributed by atoms with E-state index in [9.17, 15) is 0 Å². The number of benzene rings is 3. The highest BCUT2D eigenvalue weighted by molar-refractivity contribution is 5.84. The first-order chi connectivity index (χ1) is 14.2. The molecule has 0 spiro atoms. The van der Waals surface area contributed by atoms with Crippen LogP contribution in [0.15, 0.2) is 66.7 Å². The van der Waals surface area contributed by atoms with Gasteiger partial charge in [0, 0.05) is 5.56 Å². The number of hydrogen-bond donors (Lipinski definition) is 0. The van der Waals surface area contributed by atoms with Crippen LogP contribution in [0, 0.1) is 13.8 Å². The molecule has 1 saturated carbocycles. The highest BCUT2D eigenvalue weighted by atomic mass is 15.1. The van der Waals surface area contributed by atoms with Gasteiger partial charge in [0.05, 0.1) is 16.7 Å². The van der Waals surface area contributed by atoms with Gasteiger partial charge in [-0.15, -0.1) is 0 Å². The van der Waals surface area contributed by atoms with Crippen molar-refractivity contribution >= 4 is 11.0 Å². The molecule has 2 nitrogen and oxygen atoms in total. The Hall–Kier alpha value is -2.87. The molecule has 2 heteroatoms. The summed E-state index contributed by atoms with van der Waals surface area (Å²) >= 11 is 0. The third-order valence-electron chi connectivity index (χ3n) is 6.41. The van der Waals surface area contributed by atoms with Gasteiger partial charge in [-0.05, 0) is 61.4 Å². The molecule has 29 heavy (non-hydrogen) atoms. The van der Waals surface area contributed by atoms with Crippen molar-refractivity contribution in [3.8, 4) is 17.1 Å². The van der Waals surface area contributed by atoms with E-state index in [1.807, 2.05) is 0 Å². The van der Waals surface area contributed by atoms with Crippen molar-refractivity contribution in [2.24, 2.45) is 0 Å². The number of rotatable bonds is 3. The Balaban J connectivity index is 1.71. The molecule has 146 valence electrons. The van der Waals surface area contributed by atoms with Crippen molar-refractivity contribution in [3.05, 3.63) is 83.4 Å². The van der Waals surface area contributed by atoms with E-state index in [0.29, 0.717) is 0 Å². The molecule has 1 fully saturated rings. The number of aromatic nitrogens is 2. The third-order valence-corrected chi connectivity index (χ3v) is 6.41. The molecule has 0 unspecified atom stereocenters. The summed E-state index contributed by atoms with van der Waals surface area (Å²) in [6.45, 7) is 4.52. The average molecular weight is 381 g/mol. The molecule has 0 aliphatic heterocycles. The van der Waals surface area contributed by atoms with Gasteiger partial charge in [-0.25, -0.2) is 4.98 Å². The van der Waals surface area contributed by atoms with E-state index >= 15 is 0 Å². The SMILES string of the molecule is Cc1cc(C2CCCCC2)cc(C)c1-n1c(-c2ccccc2)nc2ccccc21. The number of imidazole rings is 1. The predicted octanol–water partition coefficient (Wildman–Crippen LogP) is 7.36. The number of fused-ring (bicyclic) bond motifs is 1. The average Bonchev–Trinajstić information content (AvgIpc) is 3.14. The van der Waals surface area contributed by atoms with Crippen LogP contribution in [0.3, 0.4) is 0 Å². The molecule has 1 heterocycles. The van der Waals surface area contributed by atoms with Crippen LogP contribution in [-0.2, 0) is 0 Å². The van der Waals surface area contributed by atoms with Gasteiger partial charge in [0.25, 0.3) is 0 Å². The van der Waals surface area contributed by atoms with E-state index in [2.05, 4.69) is 85.1 Å². The van der Waals surface area contributed by atoms with Crippen LogP contribution in [0.5, 0.6) is 0 Å². The van der Waals surface area contributed by atoms with Gasteiger partial charge in [-0.3, -0.25) is 4.57 Å². The second-order valence-corrected chi connectivity index (χ2v) is 8.46. The molecule has 0 bridgehead atoms. The first-order valence-electron chi connectivity index (χ1n) is 10.9. The molecule has 1 aliphatic rings. The molecule has 0 atom stereocenters. The zero-order chi connectivity index (χ0) is 19.8. The van der Waals surface area contributed by atoms with E-state index in [4.69, 9.17) is 4.98 Å². The van der Waals surface area contributed by atoms with Crippen molar-refractivity contribution < 1.29 is 0 Å². The van der Waals surface area contributed by atoms with Gasteiger partial charge in [-0.1, -0.05) is 73.9 Å². The second kappa shape index (κ2) is 7.51. The molecular weight excluding hydrogens is 352 g/mol. The lowest BCUT2D eigenvalue weighted by Gasteiger charge is -2.24. The van der Waals surface area contributed by atoms with E-state index < -0.39 is 0 Å². The van der Waals surface area contributed by atoms with Crippen LogP contribution in [0.2, 0.25) is 0 Å². The monoisotopic (exact) mass is 380 g/mol. The fourth-order valence-electron chi connectivity index (χ4n) is 5.05. The number of nitrogens with zero attached hydrogens (tertiary/aromatic N) is 2. The molecule has 1 aliphatic carbocycles. The normalized spacial score (nSPS) is 15.1. The fraction of sp³-hybridized carbons (Fsp3) is 0.296. The topological polar surface area (TPSA) is 17.8 Å². The third kappa shape index (κ3) is 3.27. The smallest absolute Gasteiger partial charge is 0.145 e. The van der Waals surface area contributed by atoms with Crippen LogP contribution < -0.4 is 0 Å². The van der Waals surface area contributed by atoms with E-state index in [1.165, 1.54) is 60.0 Å². The molecule has 4 aromatic rings. The van der Waals surface area contributed by atoms with Crippen LogP contribution in [0.1, 0.15) is 54.7 Å². The van der Waals surface area contributed by atoms with Crippen molar-refractivity contribution in [3.63, 3.8) is 0 Å². The molecule has 3 aromatic carbocycles. The minimum absolute atomic E-state index is 0.725. The van der Waals surface area contributed by atoms with Gasteiger partial charge in [0.15, 0.2) is 0 Å². The lowest BCUT2D eigenvalue weighted by atomic mass is 9.83. The maximum Gasteiger partial charge on any atom is 0.145 e. The molecule has 0 saturated heterocycles. The summed E-state index contributed by atoms with van der Waals surface area (Å²) < 4.78 is 2.36. The Morgan fingerprint density at radius 2 is 1.45 bits per heavy atom. The highest BCUT2D eigenvalue weighted by Crippen LogP contribution is 2.37. The van der Waals surface area contributed by atoms with Gasteiger partial charge < -0.3 is 0 Å². The lowest BCUT2D eigenvalue weighted by Crippen LogP contribution is -2.08. The fourth-order valence-corrected chi connectivity index (χ4v) is 5.05. The van der Waals surface area contributed by atoms with Crippen molar-refractivity contribution in [1.82, 2.24) is 9.55 Å². The summed E-state index contributed by atoms with van der Waals surface area (Å²) in [5.74, 6) is 1.74. The first-order valence-corrected chi connectivity index (χ1v) is 10.9. The Morgan fingerprint density at radius 1 is 0.793 bits per heavy atom. The molecule has 0 N–H and O–H groups in total. The Labute approximate surface area is 173 Å². The summed E-state index contributed by atoms with van der Waals surface area (Å²) in [5.41, 5.74) is 8.84. The number of hydrogen-bond acceptors (Lipinski definition) is 1. The van der Waals surface area contributed by atoms with E-state index in [0.717, 1.165) is 22.8 Å². The summed E-state index contributed by atoms with van der Waals surface area (Å²) in [6, 6.07) is 23.9. The molecular formula is C27H28N2. The Bertz CT molecular complexity index is 1120. The molecule has 1 aromatic heterocycles. The Morgan fingerprint density at radius 3 is 2.17 bits per heavy atom. The standard InChI is InChI=1S/C27H28N2/c1-19-17-23(21-11-5-3-6-12-21)18-20(2)26(19)29-25-16-10-9-15-24(25)28-27(29)22-13-7-4-8-14-22/h4,7-10,13-18,21H,3,5-6,11-12H2,1-2H3. The zero-order valence-corrected chi connectivity index (χ0v) is 17.4. The van der Waals surface area contributed by atoms with Crippen LogP contribution in [-0.4, -0.2) is 9.55 Å². The first kappa shape index (κ1) is 18.2.